The van der Waals surface area contributed by atoms with Crippen molar-refractivity contribution in [2.45, 2.75) is 6.92 Å². The van der Waals surface area contributed by atoms with Crippen molar-refractivity contribution in [3.63, 3.8) is 0 Å². The quantitative estimate of drug-likeness (QED) is 0.324. The Kier molecular flexibility index (Phi) is 7.30. The van der Waals surface area contributed by atoms with Crippen molar-refractivity contribution in [2.75, 3.05) is 49.5 Å². The zero-order valence-corrected chi connectivity index (χ0v) is 21.1. The number of hydrogen-bond acceptors (Lipinski definition) is 8. The van der Waals surface area contributed by atoms with E-state index >= 15 is 0 Å². The Morgan fingerprint density at radius 3 is 2.45 bits per heavy atom. The zero-order valence-electron chi connectivity index (χ0n) is 21.1. The van der Waals surface area contributed by atoms with Crippen molar-refractivity contribution in [1.29, 1.82) is 0 Å². The standard InChI is InChI=1S/C28H29N7O3/c1-19(36)29-12-13-30-24-18-25(33-27(32-24)21-6-3-2-4-7-21)34-14-16-35(17-15-34)28(38)22-11-10-20-8-5-9-23(37)26(20)31-22/h2-11,18,37H,12-17H2,1H3,(H,29,36)(H,30,32,33). The number of nitrogens with one attached hydrogen (secondary N) is 2. The normalized spacial score (nSPS) is 13.4. The van der Waals surface area contributed by atoms with E-state index in [9.17, 15) is 14.7 Å². The molecular weight excluding hydrogens is 482 g/mol. The Morgan fingerprint density at radius 2 is 1.68 bits per heavy atom. The summed E-state index contributed by atoms with van der Waals surface area (Å²) < 4.78 is 0. The molecule has 0 unspecified atom stereocenters. The van der Waals surface area contributed by atoms with Crippen LogP contribution in [0.5, 0.6) is 5.75 Å². The molecule has 194 valence electrons. The molecule has 1 aliphatic heterocycles. The summed E-state index contributed by atoms with van der Waals surface area (Å²) in [6, 6.07) is 20.3. The van der Waals surface area contributed by atoms with Gasteiger partial charge in [-0.05, 0) is 12.1 Å². The summed E-state index contributed by atoms with van der Waals surface area (Å²) in [5.74, 6) is 1.84. The van der Waals surface area contributed by atoms with Crippen LogP contribution in [0.15, 0.2) is 66.7 Å². The predicted molar refractivity (Wildman–Crippen MR) is 146 cm³/mol. The van der Waals surface area contributed by atoms with Crippen molar-refractivity contribution >= 4 is 34.4 Å². The number of hydrogen-bond donors (Lipinski definition) is 3. The lowest BCUT2D eigenvalue weighted by Crippen LogP contribution is -2.49. The average molecular weight is 512 g/mol. The van der Waals surface area contributed by atoms with E-state index in [0.717, 1.165) is 16.8 Å². The molecule has 2 aromatic heterocycles. The first-order chi connectivity index (χ1) is 18.5. The summed E-state index contributed by atoms with van der Waals surface area (Å²) >= 11 is 0. The first kappa shape index (κ1) is 24.9. The Hall–Kier alpha value is -4.73. The number of anilines is 2. The summed E-state index contributed by atoms with van der Waals surface area (Å²) in [4.78, 5) is 42.2. The monoisotopic (exact) mass is 511 g/mol. The minimum atomic E-state index is -0.164. The fraction of sp³-hybridized carbons (Fsp3) is 0.250. The molecule has 5 rings (SSSR count). The minimum Gasteiger partial charge on any atom is -0.506 e. The highest BCUT2D eigenvalue weighted by molar-refractivity contribution is 5.96. The highest BCUT2D eigenvalue weighted by atomic mass is 16.3. The predicted octanol–water partition coefficient (Wildman–Crippen LogP) is 2.91. The number of phenols is 1. The summed E-state index contributed by atoms with van der Waals surface area (Å²) in [6.07, 6.45) is 0. The number of para-hydroxylation sites is 1. The number of pyridine rings is 1. The lowest BCUT2D eigenvalue weighted by molar-refractivity contribution is -0.118. The van der Waals surface area contributed by atoms with Gasteiger partial charge in [0, 0.05) is 63.2 Å². The van der Waals surface area contributed by atoms with Gasteiger partial charge in [-0.2, -0.15) is 0 Å². The number of aromatic nitrogens is 3. The van der Waals surface area contributed by atoms with Gasteiger partial charge < -0.3 is 25.5 Å². The second-order valence-electron chi connectivity index (χ2n) is 9.04. The van der Waals surface area contributed by atoms with Crippen LogP contribution in [-0.2, 0) is 4.79 Å². The van der Waals surface area contributed by atoms with Gasteiger partial charge in [0.15, 0.2) is 5.82 Å². The van der Waals surface area contributed by atoms with Gasteiger partial charge in [0.05, 0.1) is 0 Å². The molecule has 0 atom stereocenters. The van der Waals surface area contributed by atoms with Gasteiger partial charge >= 0.3 is 0 Å². The van der Waals surface area contributed by atoms with E-state index in [-0.39, 0.29) is 17.6 Å². The van der Waals surface area contributed by atoms with Gasteiger partial charge in [-0.1, -0.05) is 48.5 Å². The van der Waals surface area contributed by atoms with Crippen LogP contribution in [-0.4, -0.2) is 76.0 Å². The first-order valence-electron chi connectivity index (χ1n) is 12.5. The maximum absolute atomic E-state index is 13.2. The van der Waals surface area contributed by atoms with E-state index in [0.29, 0.717) is 62.1 Å². The fourth-order valence-electron chi connectivity index (χ4n) is 4.38. The molecule has 2 aromatic carbocycles. The fourth-order valence-corrected chi connectivity index (χ4v) is 4.38. The number of nitrogens with zero attached hydrogens (tertiary/aromatic N) is 5. The lowest BCUT2D eigenvalue weighted by atomic mass is 10.1. The summed E-state index contributed by atoms with van der Waals surface area (Å²) in [6.45, 7) is 4.71. The van der Waals surface area contributed by atoms with Crippen molar-refractivity contribution in [1.82, 2.24) is 25.2 Å². The Morgan fingerprint density at radius 1 is 0.895 bits per heavy atom. The Bertz CT molecular complexity index is 1450. The molecule has 0 radical (unpaired) electrons. The molecule has 0 spiro atoms. The van der Waals surface area contributed by atoms with Gasteiger partial charge in [-0.3, -0.25) is 9.59 Å². The number of benzene rings is 2. The van der Waals surface area contributed by atoms with Crippen molar-refractivity contribution < 1.29 is 14.7 Å². The molecule has 10 nitrogen and oxygen atoms in total. The molecule has 0 aliphatic carbocycles. The highest BCUT2D eigenvalue weighted by Gasteiger charge is 2.25. The second-order valence-corrected chi connectivity index (χ2v) is 9.04. The number of phenolic OH excluding ortho intramolecular Hbond substituents is 1. The highest BCUT2D eigenvalue weighted by Crippen LogP contribution is 2.25. The zero-order chi connectivity index (χ0) is 26.5. The van der Waals surface area contributed by atoms with Crippen LogP contribution in [0.1, 0.15) is 17.4 Å². The third-order valence-electron chi connectivity index (χ3n) is 6.36. The molecule has 3 heterocycles. The number of aromatic hydroxyl groups is 1. The van der Waals surface area contributed by atoms with Crippen LogP contribution >= 0.6 is 0 Å². The smallest absolute Gasteiger partial charge is 0.272 e. The summed E-state index contributed by atoms with van der Waals surface area (Å²) in [7, 11) is 0. The number of fused-ring (bicyclic) bond motifs is 1. The number of amides is 2. The molecule has 1 aliphatic rings. The summed E-state index contributed by atoms with van der Waals surface area (Å²) in [5, 5.41) is 17.0. The Balaban J connectivity index is 1.31. The molecule has 38 heavy (non-hydrogen) atoms. The third kappa shape index (κ3) is 5.64. The first-order valence-corrected chi connectivity index (χ1v) is 12.5. The van der Waals surface area contributed by atoms with E-state index in [1.54, 1.807) is 29.2 Å². The maximum atomic E-state index is 13.2. The Labute approximate surface area is 220 Å². The maximum Gasteiger partial charge on any atom is 0.272 e. The van der Waals surface area contributed by atoms with E-state index < -0.39 is 0 Å². The second kappa shape index (κ2) is 11.1. The number of piperazine rings is 1. The van der Waals surface area contributed by atoms with E-state index in [2.05, 4.69) is 25.5 Å². The van der Waals surface area contributed by atoms with Crippen LogP contribution in [0.4, 0.5) is 11.6 Å². The average Bonchev–Trinajstić information content (AvgIpc) is 2.95. The van der Waals surface area contributed by atoms with Gasteiger partial charge in [0.25, 0.3) is 5.91 Å². The van der Waals surface area contributed by atoms with Crippen LogP contribution in [0.3, 0.4) is 0 Å². The molecular formula is C28H29N7O3. The molecule has 0 bridgehead atoms. The van der Waals surface area contributed by atoms with E-state index in [1.165, 1.54) is 6.92 Å². The molecule has 3 N–H and O–H groups in total. The van der Waals surface area contributed by atoms with Gasteiger partial charge in [0.2, 0.25) is 5.91 Å². The lowest BCUT2D eigenvalue weighted by Gasteiger charge is -2.35. The van der Waals surface area contributed by atoms with Crippen LogP contribution in [0, 0.1) is 0 Å². The van der Waals surface area contributed by atoms with Crippen LogP contribution < -0.4 is 15.5 Å². The molecule has 2 amide bonds. The van der Waals surface area contributed by atoms with E-state index in [4.69, 9.17) is 4.98 Å². The molecule has 4 aromatic rings. The number of rotatable bonds is 7. The molecule has 0 saturated carbocycles. The van der Waals surface area contributed by atoms with Crippen molar-refractivity contribution in [3.05, 3.63) is 72.4 Å². The molecule has 1 fully saturated rings. The van der Waals surface area contributed by atoms with E-state index in [1.807, 2.05) is 42.5 Å². The minimum absolute atomic E-state index is 0.0569. The van der Waals surface area contributed by atoms with Crippen molar-refractivity contribution in [3.8, 4) is 17.1 Å². The van der Waals surface area contributed by atoms with Gasteiger partial charge in [-0.25, -0.2) is 15.0 Å². The topological polar surface area (TPSA) is 124 Å². The molecule has 1 saturated heterocycles. The van der Waals surface area contributed by atoms with Crippen molar-refractivity contribution in [2.24, 2.45) is 0 Å². The number of carbonyl (C=O) groups excluding carboxylic acids is 2. The van der Waals surface area contributed by atoms with Gasteiger partial charge in [0.1, 0.15) is 28.6 Å². The third-order valence-corrected chi connectivity index (χ3v) is 6.36. The largest absolute Gasteiger partial charge is 0.506 e. The van der Waals surface area contributed by atoms with Crippen LogP contribution in [0.2, 0.25) is 0 Å². The summed E-state index contributed by atoms with van der Waals surface area (Å²) in [5.41, 5.74) is 1.63. The SMILES string of the molecule is CC(=O)NCCNc1cc(N2CCN(C(=O)c3ccc4cccc(O)c4n3)CC2)nc(-c2ccccc2)n1. The number of carbonyl (C=O) groups is 2. The van der Waals surface area contributed by atoms with Crippen LogP contribution in [0.25, 0.3) is 22.3 Å². The molecule has 10 heteroatoms. The van der Waals surface area contributed by atoms with Gasteiger partial charge in [-0.15, -0.1) is 0 Å².